The molecule has 7 nitrogen and oxygen atoms in total. The van der Waals surface area contributed by atoms with E-state index in [0.29, 0.717) is 19.5 Å². The molecule has 37 heavy (non-hydrogen) atoms. The number of nitrogens with zero attached hydrogens (tertiary/aromatic N) is 3. The van der Waals surface area contributed by atoms with Crippen molar-refractivity contribution in [3.8, 4) is 0 Å². The van der Waals surface area contributed by atoms with Crippen molar-refractivity contribution in [2.45, 2.75) is 39.3 Å². The van der Waals surface area contributed by atoms with E-state index in [1.807, 2.05) is 56.1 Å². The van der Waals surface area contributed by atoms with Crippen LogP contribution in [0.15, 0.2) is 77.5 Å². The lowest BCUT2D eigenvalue weighted by atomic mass is 10.1. The third-order valence-corrected chi connectivity index (χ3v) is 6.93. The molecule has 0 bridgehead atoms. The molecule has 2 heterocycles. The van der Waals surface area contributed by atoms with Gasteiger partial charge in [-0.25, -0.2) is 0 Å². The number of hydrogen-bond acceptors (Lipinski definition) is 4. The minimum atomic E-state index is -0.264. The minimum Gasteiger partial charge on any atom is -0.459 e. The molecule has 0 fully saturated rings. The van der Waals surface area contributed by atoms with Gasteiger partial charge in [0.15, 0.2) is 5.76 Å². The number of fused-ring (bicyclic) bond motifs is 1. The summed E-state index contributed by atoms with van der Waals surface area (Å²) >= 11 is 0. The lowest BCUT2D eigenvalue weighted by Gasteiger charge is -2.31. The Morgan fingerprint density at radius 2 is 1.76 bits per heavy atom. The van der Waals surface area contributed by atoms with E-state index in [1.165, 1.54) is 17.2 Å². The Hall–Kier alpha value is -4.00. The fourth-order valence-corrected chi connectivity index (χ4v) is 4.44. The smallest absolute Gasteiger partial charge is 0.290 e. The second-order valence-electron chi connectivity index (χ2n) is 9.65. The average molecular weight is 501 g/mol. The van der Waals surface area contributed by atoms with Crippen LogP contribution in [0.2, 0.25) is 0 Å². The summed E-state index contributed by atoms with van der Waals surface area (Å²) in [5.41, 5.74) is 4.40. The number of anilines is 1. The van der Waals surface area contributed by atoms with Crippen LogP contribution in [0.1, 0.15) is 41.9 Å². The summed E-state index contributed by atoms with van der Waals surface area (Å²) in [6.45, 7) is 4.98. The minimum absolute atomic E-state index is 0.00178. The van der Waals surface area contributed by atoms with Crippen LogP contribution in [0.5, 0.6) is 0 Å². The Bertz CT molecular complexity index is 1310. The van der Waals surface area contributed by atoms with Gasteiger partial charge in [0.25, 0.3) is 5.91 Å². The van der Waals surface area contributed by atoms with Crippen molar-refractivity contribution in [3.05, 3.63) is 90.0 Å². The molecule has 0 saturated heterocycles. The first-order valence-corrected chi connectivity index (χ1v) is 12.8. The van der Waals surface area contributed by atoms with Gasteiger partial charge in [-0.05, 0) is 61.2 Å². The highest BCUT2D eigenvalue weighted by Gasteiger charge is 2.27. The summed E-state index contributed by atoms with van der Waals surface area (Å²) in [5.74, 6) is -0.103. The molecule has 4 aromatic rings. The molecule has 7 heteroatoms. The quantitative estimate of drug-likeness (QED) is 0.302. The molecule has 1 N–H and O–H groups in total. The molecule has 0 aliphatic heterocycles. The normalized spacial score (nSPS) is 11.9. The fourth-order valence-electron chi connectivity index (χ4n) is 4.44. The zero-order valence-corrected chi connectivity index (χ0v) is 22.1. The summed E-state index contributed by atoms with van der Waals surface area (Å²) in [4.78, 5) is 35.8. The number of furan rings is 1. The number of aromatic amines is 1. The molecule has 0 spiro atoms. The van der Waals surface area contributed by atoms with Crippen molar-refractivity contribution < 1.29 is 14.0 Å². The SMILES string of the molecule is CCC(C)N(CC(=O)N(CCc1c[nH]c2ccccc12)Cc1ccc(N(C)C)cc1)C(=O)c1ccco1. The lowest BCUT2D eigenvalue weighted by Crippen LogP contribution is -2.46. The summed E-state index contributed by atoms with van der Waals surface area (Å²) in [5, 5.41) is 1.17. The van der Waals surface area contributed by atoms with E-state index >= 15 is 0 Å². The Morgan fingerprint density at radius 1 is 1.00 bits per heavy atom. The highest BCUT2D eigenvalue weighted by molar-refractivity contribution is 5.94. The van der Waals surface area contributed by atoms with Crippen LogP contribution < -0.4 is 4.90 Å². The van der Waals surface area contributed by atoms with Gasteiger partial charge in [-0.3, -0.25) is 9.59 Å². The predicted molar refractivity (Wildman–Crippen MR) is 148 cm³/mol. The number of benzene rings is 2. The van der Waals surface area contributed by atoms with Gasteiger partial charge in [0.2, 0.25) is 5.91 Å². The molecule has 0 saturated carbocycles. The van der Waals surface area contributed by atoms with Crippen molar-refractivity contribution in [2.75, 3.05) is 32.1 Å². The van der Waals surface area contributed by atoms with Crippen LogP contribution in [0, 0.1) is 0 Å². The zero-order valence-electron chi connectivity index (χ0n) is 22.1. The van der Waals surface area contributed by atoms with E-state index in [0.717, 1.165) is 23.2 Å². The van der Waals surface area contributed by atoms with Crippen molar-refractivity contribution in [1.82, 2.24) is 14.8 Å². The molecule has 2 amide bonds. The van der Waals surface area contributed by atoms with Crippen LogP contribution in [0.4, 0.5) is 5.69 Å². The fraction of sp³-hybridized carbons (Fsp3) is 0.333. The maximum atomic E-state index is 13.7. The van der Waals surface area contributed by atoms with E-state index in [4.69, 9.17) is 4.42 Å². The lowest BCUT2D eigenvalue weighted by molar-refractivity contribution is -0.133. The standard InChI is InChI=1S/C30H36N4O3/c1-5-22(2)34(30(36)28-11-8-18-37-28)21-29(35)33(20-23-12-14-25(15-13-23)32(3)4)17-16-24-19-31-27-10-7-6-9-26(24)27/h6-15,18-19,22,31H,5,16-17,20-21H2,1-4H3. The molecule has 1 atom stereocenters. The summed E-state index contributed by atoms with van der Waals surface area (Å²) in [6, 6.07) is 19.7. The van der Waals surface area contributed by atoms with Gasteiger partial charge in [-0.1, -0.05) is 37.3 Å². The van der Waals surface area contributed by atoms with Crippen LogP contribution in [-0.4, -0.2) is 59.8 Å². The van der Waals surface area contributed by atoms with E-state index in [2.05, 4.69) is 41.4 Å². The monoisotopic (exact) mass is 500 g/mol. The third-order valence-electron chi connectivity index (χ3n) is 6.93. The number of H-pyrrole nitrogens is 1. The molecule has 2 aromatic carbocycles. The Labute approximate surface area is 218 Å². The Balaban J connectivity index is 1.56. The van der Waals surface area contributed by atoms with Crippen molar-refractivity contribution in [3.63, 3.8) is 0 Å². The molecule has 4 rings (SSSR count). The highest BCUT2D eigenvalue weighted by atomic mass is 16.3. The van der Waals surface area contributed by atoms with E-state index in [9.17, 15) is 9.59 Å². The maximum absolute atomic E-state index is 13.7. The summed E-state index contributed by atoms with van der Waals surface area (Å²) in [7, 11) is 4.01. The first kappa shape index (κ1) is 26.1. The van der Waals surface area contributed by atoms with Crippen molar-refractivity contribution in [2.24, 2.45) is 0 Å². The number of aromatic nitrogens is 1. The number of rotatable bonds is 11. The molecule has 0 aliphatic carbocycles. The van der Waals surface area contributed by atoms with Gasteiger partial charge in [-0.2, -0.15) is 0 Å². The maximum Gasteiger partial charge on any atom is 0.290 e. The van der Waals surface area contributed by atoms with E-state index < -0.39 is 0 Å². The average Bonchev–Trinajstić information content (AvgIpc) is 3.59. The second kappa shape index (κ2) is 11.8. The van der Waals surface area contributed by atoms with Crippen LogP contribution >= 0.6 is 0 Å². The van der Waals surface area contributed by atoms with E-state index in [-0.39, 0.29) is 30.2 Å². The molecule has 1 unspecified atom stereocenters. The Morgan fingerprint density at radius 3 is 2.43 bits per heavy atom. The largest absolute Gasteiger partial charge is 0.459 e. The number of hydrogen-bond donors (Lipinski definition) is 1. The van der Waals surface area contributed by atoms with Crippen LogP contribution in [0.25, 0.3) is 10.9 Å². The number of amides is 2. The first-order chi connectivity index (χ1) is 17.9. The van der Waals surface area contributed by atoms with E-state index in [1.54, 1.807) is 17.0 Å². The van der Waals surface area contributed by atoms with Gasteiger partial charge in [0.1, 0.15) is 6.54 Å². The van der Waals surface area contributed by atoms with Gasteiger partial charge >= 0.3 is 0 Å². The molecule has 194 valence electrons. The van der Waals surface area contributed by atoms with Gasteiger partial charge < -0.3 is 24.1 Å². The van der Waals surface area contributed by atoms with Crippen LogP contribution in [0.3, 0.4) is 0 Å². The summed E-state index contributed by atoms with van der Waals surface area (Å²) in [6.07, 6.45) is 4.95. The van der Waals surface area contributed by atoms with Gasteiger partial charge in [-0.15, -0.1) is 0 Å². The molecular weight excluding hydrogens is 464 g/mol. The topological polar surface area (TPSA) is 72.8 Å². The third kappa shape index (κ3) is 6.23. The van der Waals surface area contributed by atoms with Crippen molar-refractivity contribution >= 4 is 28.4 Å². The number of para-hydroxylation sites is 1. The molecule has 0 radical (unpaired) electrons. The number of nitrogens with one attached hydrogen (secondary N) is 1. The predicted octanol–water partition coefficient (Wildman–Crippen LogP) is 5.34. The van der Waals surface area contributed by atoms with Crippen molar-refractivity contribution in [1.29, 1.82) is 0 Å². The summed E-state index contributed by atoms with van der Waals surface area (Å²) < 4.78 is 5.35. The van der Waals surface area contributed by atoms with Crippen LogP contribution in [-0.2, 0) is 17.8 Å². The zero-order chi connectivity index (χ0) is 26.4. The molecule has 2 aromatic heterocycles. The highest BCUT2D eigenvalue weighted by Crippen LogP contribution is 2.20. The number of carbonyl (C=O) groups is 2. The number of carbonyl (C=O) groups excluding carboxylic acids is 2. The first-order valence-electron chi connectivity index (χ1n) is 12.8. The molecule has 0 aliphatic rings. The second-order valence-corrected chi connectivity index (χ2v) is 9.65. The Kier molecular flexibility index (Phi) is 8.33. The van der Waals surface area contributed by atoms with Gasteiger partial charge in [0, 0.05) is 56.0 Å². The molecular formula is C30H36N4O3. The van der Waals surface area contributed by atoms with Gasteiger partial charge in [0.05, 0.1) is 6.26 Å².